The van der Waals surface area contributed by atoms with Crippen LogP contribution in [0.1, 0.15) is 32.3 Å². The molecule has 0 aliphatic carbocycles. The van der Waals surface area contributed by atoms with Crippen LogP contribution in [0.25, 0.3) is 0 Å². The molecule has 2 aromatic rings. The maximum absolute atomic E-state index is 12.9. The van der Waals surface area contributed by atoms with Crippen molar-refractivity contribution in [1.29, 1.82) is 10.5 Å². The average molecular weight is 393 g/mol. The van der Waals surface area contributed by atoms with Crippen molar-refractivity contribution in [1.82, 2.24) is 4.72 Å². The summed E-state index contributed by atoms with van der Waals surface area (Å²) in [5, 5.41) is 16.1. The molecule has 2 rings (SSSR count). The molecule has 2 aromatic carbocycles. The molecule has 0 spiro atoms. The van der Waals surface area contributed by atoms with Crippen LogP contribution in [-0.4, -0.2) is 14.3 Å². The number of sulfonamides is 1. The lowest BCUT2D eigenvalue weighted by Crippen LogP contribution is -2.34. The molecule has 1 atom stereocenters. The van der Waals surface area contributed by atoms with Gasteiger partial charge in [0, 0.05) is 5.56 Å². The third kappa shape index (κ3) is 4.43. The van der Waals surface area contributed by atoms with Crippen molar-refractivity contribution in [3.8, 4) is 12.1 Å². The molecule has 0 saturated heterocycles. The number of amides is 1. The first-order valence-electron chi connectivity index (χ1n) is 7.22. The molecule has 6 nitrogen and oxygen atoms in total. The topological polar surface area (TPSA) is 111 Å². The Morgan fingerprint density at radius 2 is 1.70 bits per heavy atom. The number of nitriles is 2. The number of alkyl halides is 3. The highest BCUT2D eigenvalue weighted by Crippen LogP contribution is 2.34. The zero-order valence-corrected chi connectivity index (χ0v) is 14.2. The largest absolute Gasteiger partial charge is 0.417 e. The second-order valence-electron chi connectivity index (χ2n) is 5.27. The smallest absolute Gasteiger partial charge is 0.268 e. The molecule has 138 valence electrons. The van der Waals surface area contributed by atoms with Crippen molar-refractivity contribution in [3.05, 3.63) is 70.8 Å². The van der Waals surface area contributed by atoms with Gasteiger partial charge in [0.05, 0.1) is 23.3 Å². The molecule has 27 heavy (non-hydrogen) atoms. The van der Waals surface area contributed by atoms with Gasteiger partial charge in [-0.15, -0.1) is 0 Å². The average Bonchev–Trinajstić information content (AvgIpc) is 2.61. The van der Waals surface area contributed by atoms with E-state index in [0.29, 0.717) is 12.1 Å². The van der Waals surface area contributed by atoms with Gasteiger partial charge >= 0.3 is 6.18 Å². The number of hydrogen-bond acceptors (Lipinski definition) is 5. The van der Waals surface area contributed by atoms with E-state index in [9.17, 15) is 31.6 Å². The van der Waals surface area contributed by atoms with Gasteiger partial charge in [-0.2, -0.15) is 23.7 Å². The number of rotatable bonds is 4. The summed E-state index contributed by atoms with van der Waals surface area (Å²) in [5.41, 5.74) is -2.43. The SMILES string of the molecule is N#Cc1cc(C(C#N)S(=O)(=O)NC(=O)c2ccccc2)ccc1C(F)(F)F. The molecule has 0 heterocycles. The van der Waals surface area contributed by atoms with Crippen molar-refractivity contribution >= 4 is 15.9 Å². The monoisotopic (exact) mass is 393 g/mol. The van der Waals surface area contributed by atoms with Gasteiger partial charge < -0.3 is 0 Å². The molecule has 0 aliphatic rings. The minimum absolute atomic E-state index is 0.0166. The molecule has 1 N–H and O–H groups in total. The fourth-order valence-corrected chi connectivity index (χ4v) is 3.36. The van der Waals surface area contributed by atoms with Crippen molar-refractivity contribution in [2.45, 2.75) is 11.4 Å². The Bertz CT molecular complexity index is 1050. The van der Waals surface area contributed by atoms with Crippen LogP contribution in [0.5, 0.6) is 0 Å². The van der Waals surface area contributed by atoms with E-state index in [4.69, 9.17) is 5.26 Å². The van der Waals surface area contributed by atoms with E-state index in [0.717, 1.165) is 6.07 Å². The first-order chi connectivity index (χ1) is 12.6. The summed E-state index contributed by atoms with van der Waals surface area (Å²) in [6.45, 7) is 0. The number of nitrogens with one attached hydrogen (secondary N) is 1. The molecule has 0 aliphatic heterocycles. The highest BCUT2D eigenvalue weighted by molar-refractivity contribution is 7.90. The molecule has 0 radical (unpaired) electrons. The minimum Gasteiger partial charge on any atom is -0.268 e. The Morgan fingerprint density at radius 3 is 2.22 bits per heavy atom. The Morgan fingerprint density at radius 1 is 1.07 bits per heavy atom. The highest BCUT2D eigenvalue weighted by atomic mass is 32.2. The third-order valence-corrected chi connectivity index (χ3v) is 4.94. The van der Waals surface area contributed by atoms with Gasteiger partial charge in [-0.25, -0.2) is 13.1 Å². The summed E-state index contributed by atoms with van der Waals surface area (Å²) < 4.78 is 65.0. The number of carbonyl (C=O) groups is 1. The summed E-state index contributed by atoms with van der Waals surface area (Å²) in [4.78, 5) is 12.0. The van der Waals surface area contributed by atoms with Crippen LogP contribution in [0.3, 0.4) is 0 Å². The zero-order chi connectivity index (χ0) is 20.2. The Balaban J connectivity index is 2.40. The Kier molecular flexibility index (Phi) is 5.52. The summed E-state index contributed by atoms with van der Waals surface area (Å²) in [6.07, 6.45) is -4.81. The molecule has 10 heteroatoms. The van der Waals surface area contributed by atoms with Crippen molar-refractivity contribution in [3.63, 3.8) is 0 Å². The maximum atomic E-state index is 12.9. The fourth-order valence-electron chi connectivity index (χ4n) is 2.22. The first kappa shape index (κ1) is 19.9. The summed E-state index contributed by atoms with van der Waals surface area (Å²) in [5.74, 6) is -0.997. The quantitative estimate of drug-likeness (QED) is 0.859. The van der Waals surface area contributed by atoms with E-state index in [1.165, 1.54) is 36.4 Å². The van der Waals surface area contributed by atoms with E-state index in [-0.39, 0.29) is 11.1 Å². The van der Waals surface area contributed by atoms with Gasteiger partial charge in [-0.05, 0) is 29.8 Å². The van der Waals surface area contributed by atoms with E-state index in [2.05, 4.69) is 0 Å². The normalized spacial score (nSPS) is 12.5. The van der Waals surface area contributed by atoms with Gasteiger partial charge in [0.15, 0.2) is 5.25 Å². The number of hydrogen-bond donors (Lipinski definition) is 1. The van der Waals surface area contributed by atoms with Crippen LogP contribution in [-0.2, 0) is 16.2 Å². The minimum atomic E-state index is -4.81. The van der Waals surface area contributed by atoms with Crippen LogP contribution in [0.4, 0.5) is 13.2 Å². The lowest BCUT2D eigenvalue weighted by molar-refractivity contribution is -0.137. The van der Waals surface area contributed by atoms with Gasteiger partial charge in [-0.3, -0.25) is 4.79 Å². The second-order valence-corrected chi connectivity index (χ2v) is 7.03. The number of halogens is 3. The number of benzene rings is 2. The molecule has 0 bridgehead atoms. The molecule has 1 unspecified atom stereocenters. The van der Waals surface area contributed by atoms with Crippen LogP contribution in [0.15, 0.2) is 48.5 Å². The third-order valence-electron chi connectivity index (χ3n) is 3.47. The second kappa shape index (κ2) is 7.48. The van der Waals surface area contributed by atoms with E-state index in [1.807, 2.05) is 0 Å². The molecular weight excluding hydrogens is 383 g/mol. The predicted molar refractivity (Wildman–Crippen MR) is 87.3 cm³/mol. The standard InChI is InChI=1S/C17H10F3N3O3S/c18-17(19,20)14-7-6-12(8-13(14)9-21)15(10-22)27(25,26)23-16(24)11-4-2-1-3-5-11/h1-8,15H,(H,23,24). The Hall–Kier alpha value is -3.37. The highest BCUT2D eigenvalue weighted by Gasteiger charge is 2.35. The maximum Gasteiger partial charge on any atom is 0.417 e. The van der Waals surface area contributed by atoms with E-state index < -0.39 is 38.5 Å². The van der Waals surface area contributed by atoms with Crippen molar-refractivity contribution < 1.29 is 26.4 Å². The number of carbonyl (C=O) groups excluding carboxylic acids is 1. The van der Waals surface area contributed by atoms with Crippen LogP contribution >= 0.6 is 0 Å². The number of nitrogens with zero attached hydrogens (tertiary/aromatic N) is 2. The molecular formula is C17H10F3N3O3S. The lowest BCUT2D eigenvalue weighted by Gasteiger charge is -2.14. The van der Waals surface area contributed by atoms with Gasteiger partial charge in [-0.1, -0.05) is 24.3 Å². The zero-order valence-electron chi connectivity index (χ0n) is 13.4. The van der Waals surface area contributed by atoms with Crippen molar-refractivity contribution in [2.24, 2.45) is 0 Å². The van der Waals surface area contributed by atoms with E-state index >= 15 is 0 Å². The molecule has 0 saturated carbocycles. The summed E-state index contributed by atoms with van der Waals surface area (Å²) in [7, 11) is -4.60. The van der Waals surface area contributed by atoms with Gasteiger partial charge in [0.1, 0.15) is 0 Å². The molecule has 0 fully saturated rings. The predicted octanol–water partition coefficient (Wildman–Crippen LogP) is 2.90. The summed E-state index contributed by atoms with van der Waals surface area (Å²) in [6, 6.07) is 12.0. The molecule has 0 aromatic heterocycles. The lowest BCUT2D eigenvalue weighted by atomic mass is 10.0. The van der Waals surface area contributed by atoms with Crippen LogP contribution in [0, 0.1) is 22.7 Å². The van der Waals surface area contributed by atoms with Crippen LogP contribution < -0.4 is 4.72 Å². The fraction of sp³-hybridized carbons (Fsp3) is 0.118. The van der Waals surface area contributed by atoms with Crippen molar-refractivity contribution in [2.75, 3.05) is 0 Å². The first-order valence-corrected chi connectivity index (χ1v) is 8.76. The molecule has 1 amide bonds. The Labute approximate surface area is 152 Å². The van der Waals surface area contributed by atoms with Gasteiger partial charge in [0.25, 0.3) is 15.9 Å². The van der Waals surface area contributed by atoms with E-state index in [1.54, 1.807) is 10.8 Å². The van der Waals surface area contributed by atoms with Crippen LogP contribution in [0.2, 0.25) is 0 Å². The summed E-state index contributed by atoms with van der Waals surface area (Å²) >= 11 is 0. The van der Waals surface area contributed by atoms with Gasteiger partial charge in [0.2, 0.25) is 0 Å².